The van der Waals surface area contributed by atoms with E-state index in [1.807, 2.05) is 38.1 Å². The Balaban J connectivity index is 1.99. The second kappa shape index (κ2) is 10.7. The second-order valence-electron chi connectivity index (χ2n) is 6.37. The average molecular weight is 443 g/mol. The van der Waals surface area contributed by atoms with Gasteiger partial charge in [0.2, 0.25) is 11.8 Å². The van der Waals surface area contributed by atoms with Gasteiger partial charge >= 0.3 is 0 Å². The van der Waals surface area contributed by atoms with E-state index in [0.29, 0.717) is 17.3 Å². The number of halogens is 3. The topological polar surface area (TPSA) is 61.4 Å². The third kappa shape index (κ3) is 6.67. The van der Waals surface area contributed by atoms with Crippen LogP contribution in [0.25, 0.3) is 0 Å². The summed E-state index contributed by atoms with van der Waals surface area (Å²) in [5.74, 6) is -0.499. The van der Waals surface area contributed by atoms with Crippen LogP contribution in [0.15, 0.2) is 36.4 Å². The summed E-state index contributed by atoms with van der Waals surface area (Å²) in [5, 5.41) is 6.46. The molecule has 0 radical (unpaired) electrons. The Kier molecular flexibility index (Phi) is 8.58. The van der Waals surface area contributed by atoms with Gasteiger partial charge in [-0.15, -0.1) is 0 Å². The highest BCUT2D eigenvalue weighted by Gasteiger charge is 2.17. The van der Waals surface area contributed by atoms with Crippen LogP contribution in [0.2, 0.25) is 15.1 Å². The van der Waals surface area contributed by atoms with Crippen LogP contribution in [0.1, 0.15) is 18.9 Å². The molecule has 5 nitrogen and oxygen atoms in total. The summed E-state index contributed by atoms with van der Waals surface area (Å²) in [6.07, 6.45) is 0.799. The van der Waals surface area contributed by atoms with Gasteiger partial charge in [-0.25, -0.2) is 0 Å². The lowest BCUT2D eigenvalue weighted by molar-refractivity contribution is -0.120. The molecule has 2 amide bonds. The van der Waals surface area contributed by atoms with Crippen LogP contribution < -0.4 is 10.6 Å². The molecule has 0 aliphatic heterocycles. The van der Waals surface area contributed by atoms with Crippen LogP contribution in [0.3, 0.4) is 0 Å². The van der Waals surface area contributed by atoms with Gasteiger partial charge in [0.05, 0.1) is 28.8 Å². The molecular weight excluding hydrogens is 421 g/mol. The number of carbonyl (C=O) groups excluding carboxylic acids is 2. The minimum atomic E-state index is -0.316. The highest BCUT2D eigenvalue weighted by molar-refractivity contribution is 6.42. The molecule has 0 bridgehead atoms. The summed E-state index contributed by atoms with van der Waals surface area (Å²) in [5.41, 5.74) is 2.04. The molecule has 0 aromatic heterocycles. The molecule has 8 heteroatoms. The summed E-state index contributed by atoms with van der Waals surface area (Å²) in [4.78, 5) is 26.6. The molecule has 0 saturated carbocycles. The number of amides is 2. The number of rotatable bonds is 8. The third-order valence-corrected chi connectivity index (χ3v) is 4.78. The number of aryl methyl sites for hydroxylation is 1. The summed E-state index contributed by atoms with van der Waals surface area (Å²) >= 11 is 18.1. The first kappa shape index (κ1) is 22.5. The number of carbonyl (C=O) groups is 2. The van der Waals surface area contributed by atoms with Gasteiger partial charge in [-0.2, -0.15) is 0 Å². The van der Waals surface area contributed by atoms with Crippen molar-refractivity contribution in [2.75, 3.05) is 30.3 Å². The zero-order valence-corrected chi connectivity index (χ0v) is 18.0. The van der Waals surface area contributed by atoms with E-state index in [-0.39, 0.29) is 34.9 Å². The van der Waals surface area contributed by atoms with Gasteiger partial charge in [-0.05, 0) is 43.7 Å². The molecule has 2 rings (SSSR count). The Hall–Kier alpha value is -1.79. The molecule has 2 aromatic rings. The van der Waals surface area contributed by atoms with E-state index in [4.69, 9.17) is 34.8 Å². The Bertz CT molecular complexity index is 835. The van der Waals surface area contributed by atoms with Crippen molar-refractivity contribution in [3.8, 4) is 0 Å². The van der Waals surface area contributed by atoms with E-state index >= 15 is 0 Å². The Labute approximate surface area is 180 Å². The van der Waals surface area contributed by atoms with E-state index in [9.17, 15) is 9.59 Å². The first-order valence-electron chi connectivity index (χ1n) is 8.82. The van der Waals surface area contributed by atoms with Crippen molar-refractivity contribution in [3.63, 3.8) is 0 Å². The van der Waals surface area contributed by atoms with Crippen molar-refractivity contribution in [3.05, 3.63) is 57.0 Å². The molecule has 0 saturated heterocycles. The van der Waals surface area contributed by atoms with Crippen molar-refractivity contribution >= 4 is 58.0 Å². The van der Waals surface area contributed by atoms with Crippen LogP contribution in [-0.4, -0.2) is 36.3 Å². The van der Waals surface area contributed by atoms with Gasteiger partial charge in [0.25, 0.3) is 0 Å². The number of hydrogen-bond acceptors (Lipinski definition) is 3. The zero-order chi connectivity index (χ0) is 20.7. The molecule has 2 N–H and O–H groups in total. The van der Waals surface area contributed by atoms with E-state index in [2.05, 4.69) is 10.6 Å². The first-order valence-corrected chi connectivity index (χ1v) is 9.95. The van der Waals surface area contributed by atoms with E-state index in [0.717, 1.165) is 17.7 Å². The van der Waals surface area contributed by atoms with Crippen LogP contribution in [-0.2, 0) is 9.59 Å². The number of nitrogens with zero attached hydrogens (tertiary/aromatic N) is 1. The van der Waals surface area contributed by atoms with Crippen LogP contribution >= 0.6 is 34.8 Å². The monoisotopic (exact) mass is 441 g/mol. The fraction of sp³-hybridized carbons (Fsp3) is 0.300. The zero-order valence-electron chi connectivity index (χ0n) is 15.7. The Morgan fingerprint density at radius 1 is 0.964 bits per heavy atom. The molecule has 28 heavy (non-hydrogen) atoms. The van der Waals surface area contributed by atoms with Gasteiger partial charge < -0.3 is 10.6 Å². The van der Waals surface area contributed by atoms with E-state index < -0.39 is 0 Å². The molecule has 0 spiro atoms. The van der Waals surface area contributed by atoms with Crippen molar-refractivity contribution in [1.82, 2.24) is 4.90 Å². The van der Waals surface area contributed by atoms with Gasteiger partial charge in [0, 0.05) is 10.7 Å². The fourth-order valence-corrected chi connectivity index (χ4v) is 3.59. The maximum absolute atomic E-state index is 12.4. The molecule has 0 atom stereocenters. The maximum Gasteiger partial charge on any atom is 0.238 e. The number of para-hydroxylation sites is 1. The van der Waals surface area contributed by atoms with Gasteiger partial charge in [0.15, 0.2) is 0 Å². The number of hydrogen-bond donors (Lipinski definition) is 2. The van der Waals surface area contributed by atoms with E-state index in [1.165, 1.54) is 12.1 Å². The number of benzene rings is 2. The predicted molar refractivity (Wildman–Crippen MR) is 117 cm³/mol. The number of anilines is 2. The van der Waals surface area contributed by atoms with Crippen molar-refractivity contribution < 1.29 is 9.59 Å². The summed E-state index contributed by atoms with van der Waals surface area (Å²) in [7, 11) is 0. The highest BCUT2D eigenvalue weighted by Crippen LogP contribution is 2.33. The SMILES string of the molecule is CCCN(CC(=O)Nc1ccccc1C)CC(=O)Nc1c(Cl)cc(Cl)cc1Cl. The van der Waals surface area contributed by atoms with Crippen LogP contribution in [0.5, 0.6) is 0 Å². The normalized spacial score (nSPS) is 10.8. The molecule has 2 aromatic carbocycles. The summed E-state index contributed by atoms with van der Waals surface area (Å²) in [6.45, 7) is 4.63. The smallest absolute Gasteiger partial charge is 0.238 e. The molecule has 150 valence electrons. The third-order valence-electron chi connectivity index (χ3n) is 3.96. The second-order valence-corrected chi connectivity index (χ2v) is 7.62. The van der Waals surface area contributed by atoms with Crippen LogP contribution in [0.4, 0.5) is 11.4 Å². The van der Waals surface area contributed by atoms with Gasteiger partial charge in [-0.3, -0.25) is 14.5 Å². The quantitative estimate of drug-likeness (QED) is 0.587. The Morgan fingerprint density at radius 3 is 2.11 bits per heavy atom. The average Bonchev–Trinajstić information content (AvgIpc) is 2.60. The molecule has 0 aliphatic carbocycles. The van der Waals surface area contributed by atoms with Crippen molar-refractivity contribution in [1.29, 1.82) is 0 Å². The van der Waals surface area contributed by atoms with Gasteiger partial charge in [-0.1, -0.05) is 59.9 Å². The largest absolute Gasteiger partial charge is 0.325 e. The van der Waals surface area contributed by atoms with E-state index in [1.54, 1.807) is 4.90 Å². The predicted octanol–water partition coefficient (Wildman–Crippen LogP) is 5.24. The van der Waals surface area contributed by atoms with Gasteiger partial charge in [0.1, 0.15) is 0 Å². The molecule has 0 heterocycles. The number of nitrogens with one attached hydrogen (secondary N) is 2. The molecule has 0 aliphatic rings. The summed E-state index contributed by atoms with van der Waals surface area (Å²) in [6, 6.07) is 10.5. The van der Waals surface area contributed by atoms with Crippen LogP contribution in [0, 0.1) is 6.92 Å². The standard InChI is InChI=1S/C20H22Cl3N3O2/c1-3-8-26(11-18(27)24-17-7-5-4-6-13(17)2)12-19(28)25-20-15(22)9-14(21)10-16(20)23/h4-7,9-10H,3,8,11-12H2,1-2H3,(H,24,27)(H,25,28). The molecular formula is C20H22Cl3N3O2. The minimum Gasteiger partial charge on any atom is -0.325 e. The minimum absolute atomic E-state index is 0.0321. The highest BCUT2D eigenvalue weighted by atomic mass is 35.5. The fourth-order valence-electron chi connectivity index (χ4n) is 2.68. The maximum atomic E-state index is 12.4. The molecule has 0 fully saturated rings. The molecule has 0 unspecified atom stereocenters. The first-order chi connectivity index (χ1) is 13.3. The summed E-state index contributed by atoms with van der Waals surface area (Å²) < 4.78 is 0. The van der Waals surface area contributed by atoms with Crippen molar-refractivity contribution in [2.45, 2.75) is 20.3 Å². The Morgan fingerprint density at radius 2 is 1.54 bits per heavy atom. The lowest BCUT2D eigenvalue weighted by Crippen LogP contribution is -2.39. The lowest BCUT2D eigenvalue weighted by Gasteiger charge is -2.21. The van der Waals surface area contributed by atoms with Crippen molar-refractivity contribution in [2.24, 2.45) is 0 Å². The lowest BCUT2D eigenvalue weighted by atomic mass is 10.2.